The van der Waals surface area contributed by atoms with Gasteiger partial charge in [-0.05, 0) is 56.3 Å². The van der Waals surface area contributed by atoms with Crippen LogP contribution in [0.2, 0.25) is 5.02 Å². The molecule has 1 aromatic heterocycles. The predicted octanol–water partition coefficient (Wildman–Crippen LogP) is 4.32. The van der Waals surface area contributed by atoms with Crippen LogP contribution in [0.3, 0.4) is 0 Å². The first-order chi connectivity index (χ1) is 13.1. The van der Waals surface area contributed by atoms with Gasteiger partial charge in [0.25, 0.3) is 0 Å². The van der Waals surface area contributed by atoms with Gasteiger partial charge in [0.15, 0.2) is 0 Å². The number of hydrogen-bond donors (Lipinski definition) is 2. The highest BCUT2D eigenvalue weighted by atomic mass is 35.5. The van der Waals surface area contributed by atoms with Gasteiger partial charge in [-0.25, -0.2) is 14.8 Å². The fraction of sp³-hybridized carbons (Fsp3) is 0.250. The lowest BCUT2D eigenvalue weighted by atomic mass is 10.2. The van der Waals surface area contributed by atoms with Gasteiger partial charge in [0.05, 0.1) is 28.3 Å². The number of nitrogens with zero attached hydrogens (tertiary/aromatic N) is 3. The molecule has 1 saturated heterocycles. The number of fused-ring (bicyclic) bond motifs is 1. The maximum Gasteiger partial charge on any atom is 0.335 e. The monoisotopic (exact) mass is 382 g/mol. The summed E-state index contributed by atoms with van der Waals surface area (Å²) in [5, 5.41) is 13.7. The number of aromatic carboxylic acids is 1. The van der Waals surface area contributed by atoms with Crippen LogP contribution in [0.4, 0.5) is 11.5 Å². The van der Waals surface area contributed by atoms with Crippen molar-refractivity contribution in [2.24, 2.45) is 0 Å². The van der Waals surface area contributed by atoms with Crippen molar-refractivity contribution in [2.45, 2.75) is 19.4 Å². The number of aromatic nitrogens is 2. The SMILES string of the molecule is O=C(O)c1ccc(Cl)c(Nc2nc(CN3CCCC3)nc3ccccc23)c1. The van der Waals surface area contributed by atoms with Crippen molar-refractivity contribution >= 4 is 40.0 Å². The molecule has 4 rings (SSSR count). The second-order valence-electron chi connectivity index (χ2n) is 6.61. The summed E-state index contributed by atoms with van der Waals surface area (Å²) < 4.78 is 0. The molecule has 0 spiro atoms. The molecule has 2 aromatic carbocycles. The van der Waals surface area contributed by atoms with Gasteiger partial charge >= 0.3 is 5.97 Å². The Bertz CT molecular complexity index is 1000. The van der Waals surface area contributed by atoms with Crippen molar-refractivity contribution in [3.8, 4) is 0 Å². The third-order valence-corrected chi connectivity index (χ3v) is 5.01. The number of nitrogens with one attached hydrogen (secondary N) is 1. The highest BCUT2D eigenvalue weighted by molar-refractivity contribution is 6.33. The Hall–Kier alpha value is -2.70. The maximum atomic E-state index is 11.3. The van der Waals surface area contributed by atoms with Crippen LogP contribution in [0.25, 0.3) is 10.9 Å². The lowest BCUT2D eigenvalue weighted by Crippen LogP contribution is -2.20. The van der Waals surface area contributed by atoms with Crippen molar-refractivity contribution in [2.75, 3.05) is 18.4 Å². The van der Waals surface area contributed by atoms with Crippen molar-refractivity contribution in [1.29, 1.82) is 0 Å². The Balaban J connectivity index is 1.73. The van der Waals surface area contributed by atoms with E-state index in [0.29, 0.717) is 23.1 Å². The molecule has 0 bridgehead atoms. The molecule has 0 unspecified atom stereocenters. The molecule has 0 saturated carbocycles. The molecule has 138 valence electrons. The van der Waals surface area contributed by atoms with Crippen LogP contribution in [0, 0.1) is 0 Å². The summed E-state index contributed by atoms with van der Waals surface area (Å²) in [4.78, 5) is 23.0. The van der Waals surface area contributed by atoms with Crippen LogP contribution in [-0.2, 0) is 6.54 Å². The fourth-order valence-corrected chi connectivity index (χ4v) is 3.48. The second kappa shape index (κ2) is 7.50. The molecule has 1 fully saturated rings. The summed E-state index contributed by atoms with van der Waals surface area (Å²) in [6, 6.07) is 12.3. The summed E-state index contributed by atoms with van der Waals surface area (Å²) in [5.41, 5.74) is 1.51. The summed E-state index contributed by atoms with van der Waals surface area (Å²) in [6.45, 7) is 2.82. The number of likely N-dealkylation sites (tertiary alicyclic amines) is 1. The van der Waals surface area contributed by atoms with Gasteiger partial charge in [0, 0.05) is 5.39 Å². The van der Waals surface area contributed by atoms with Gasteiger partial charge in [0.2, 0.25) is 0 Å². The smallest absolute Gasteiger partial charge is 0.335 e. The van der Waals surface area contributed by atoms with E-state index in [4.69, 9.17) is 16.6 Å². The third kappa shape index (κ3) is 3.86. The molecule has 0 amide bonds. The van der Waals surface area contributed by atoms with Crippen LogP contribution in [0.15, 0.2) is 42.5 Å². The fourth-order valence-electron chi connectivity index (χ4n) is 3.31. The zero-order valence-corrected chi connectivity index (χ0v) is 15.4. The molecule has 7 heteroatoms. The van der Waals surface area contributed by atoms with E-state index in [1.54, 1.807) is 6.07 Å². The molecule has 1 aliphatic rings. The Morgan fingerprint density at radius 2 is 1.93 bits per heavy atom. The lowest BCUT2D eigenvalue weighted by Gasteiger charge is -2.16. The molecular weight excluding hydrogens is 364 g/mol. The molecule has 0 radical (unpaired) electrons. The van der Waals surface area contributed by atoms with Gasteiger partial charge in [-0.3, -0.25) is 4.90 Å². The number of carboxylic acid groups (broad SMARTS) is 1. The largest absolute Gasteiger partial charge is 0.478 e. The number of anilines is 2. The first-order valence-corrected chi connectivity index (χ1v) is 9.26. The highest BCUT2D eigenvalue weighted by Crippen LogP contribution is 2.29. The van der Waals surface area contributed by atoms with E-state index in [1.165, 1.54) is 25.0 Å². The van der Waals surface area contributed by atoms with Crippen molar-refractivity contribution in [1.82, 2.24) is 14.9 Å². The molecule has 2 N–H and O–H groups in total. The van der Waals surface area contributed by atoms with Crippen molar-refractivity contribution in [3.05, 3.63) is 58.9 Å². The van der Waals surface area contributed by atoms with Gasteiger partial charge in [-0.1, -0.05) is 23.7 Å². The normalized spacial score (nSPS) is 14.6. The Morgan fingerprint density at radius 3 is 2.70 bits per heavy atom. The predicted molar refractivity (Wildman–Crippen MR) is 106 cm³/mol. The number of hydrogen-bond acceptors (Lipinski definition) is 5. The summed E-state index contributed by atoms with van der Waals surface area (Å²) >= 11 is 6.27. The minimum Gasteiger partial charge on any atom is -0.478 e. The van der Waals surface area contributed by atoms with E-state index < -0.39 is 5.97 Å². The topological polar surface area (TPSA) is 78.3 Å². The van der Waals surface area contributed by atoms with Gasteiger partial charge in [-0.15, -0.1) is 0 Å². The van der Waals surface area contributed by atoms with E-state index in [0.717, 1.165) is 29.8 Å². The standard InChI is InChI=1S/C20H19ClN4O2/c21-15-8-7-13(20(26)27)11-17(15)23-19-14-5-1-2-6-16(14)22-18(24-19)12-25-9-3-4-10-25/h1-2,5-8,11H,3-4,9-10,12H2,(H,26,27)(H,22,23,24). The first kappa shape index (κ1) is 17.7. The minimum absolute atomic E-state index is 0.164. The maximum absolute atomic E-state index is 11.3. The zero-order valence-electron chi connectivity index (χ0n) is 14.7. The van der Waals surface area contributed by atoms with Crippen molar-refractivity contribution < 1.29 is 9.90 Å². The molecule has 1 aliphatic heterocycles. The minimum atomic E-state index is -1.00. The number of carboxylic acids is 1. The van der Waals surface area contributed by atoms with Gasteiger partial charge < -0.3 is 10.4 Å². The molecule has 0 atom stereocenters. The number of halogens is 1. The summed E-state index contributed by atoms with van der Waals surface area (Å²) in [7, 11) is 0. The quantitative estimate of drug-likeness (QED) is 0.684. The Labute approximate surface area is 161 Å². The van der Waals surface area contributed by atoms with Crippen molar-refractivity contribution in [3.63, 3.8) is 0 Å². The number of carbonyl (C=O) groups is 1. The zero-order chi connectivity index (χ0) is 18.8. The Kier molecular flexibility index (Phi) is 4.92. The van der Waals surface area contributed by atoms with Crippen LogP contribution in [-0.4, -0.2) is 39.0 Å². The second-order valence-corrected chi connectivity index (χ2v) is 7.02. The number of para-hydroxylation sites is 1. The first-order valence-electron chi connectivity index (χ1n) is 8.88. The van der Waals surface area contributed by atoms with E-state index >= 15 is 0 Å². The van der Waals surface area contributed by atoms with E-state index in [9.17, 15) is 9.90 Å². The van der Waals surface area contributed by atoms with E-state index in [1.807, 2.05) is 24.3 Å². The lowest BCUT2D eigenvalue weighted by molar-refractivity contribution is 0.0697. The van der Waals surface area contributed by atoms with Crippen LogP contribution >= 0.6 is 11.6 Å². The van der Waals surface area contributed by atoms with Crippen LogP contribution in [0.5, 0.6) is 0 Å². The number of benzene rings is 2. The molecule has 0 aliphatic carbocycles. The highest BCUT2D eigenvalue weighted by Gasteiger charge is 2.16. The Morgan fingerprint density at radius 1 is 1.15 bits per heavy atom. The van der Waals surface area contributed by atoms with Crippen LogP contribution < -0.4 is 5.32 Å². The molecule has 6 nitrogen and oxygen atoms in total. The average molecular weight is 383 g/mol. The molecular formula is C20H19ClN4O2. The molecule has 3 aromatic rings. The average Bonchev–Trinajstić information content (AvgIpc) is 3.16. The van der Waals surface area contributed by atoms with E-state index in [2.05, 4.69) is 15.2 Å². The molecule has 2 heterocycles. The van der Waals surface area contributed by atoms with Gasteiger partial charge in [0.1, 0.15) is 11.6 Å². The summed E-state index contributed by atoms with van der Waals surface area (Å²) in [5.74, 6) is 0.361. The van der Waals surface area contributed by atoms with Gasteiger partial charge in [-0.2, -0.15) is 0 Å². The summed E-state index contributed by atoms with van der Waals surface area (Å²) in [6.07, 6.45) is 2.41. The van der Waals surface area contributed by atoms with Crippen LogP contribution in [0.1, 0.15) is 29.0 Å². The molecule has 27 heavy (non-hydrogen) atoms. The third-order valence-electron chi connectivity index (χ3n) is 4.68. The number of rotatable bonds is 5. The van der Waals surface area contributed by atoms with E-state index in [-0.39, 0.29) is 5.56 Å².